The lowest BCUT2D eigenvalue weighted by molar-refractivity contribution is -0.120. The lowest BCUT2D eigenvalue weighted by atomic mass is 9.89. The molecule has 1 aromatic carbocycles. The van der Waals surface area contributed by atoms with E-state index in [4.69, 9.17) is 9.47 Å². The highest BCUT2D eigenvalue weighted by atomic mass is 16.5. The number of benzene rings is 1. The van der Waals surface area contributed by atoms with Crippen LogP contribution >= 0.6 is 0 Å². The minimum absolute atomic E-state index is 0.119. The van der Waals surface area contributed by atoms with E-state index in [1.165, 1.54) is 6.42 Å². The van der Waals surface area contributed by atoms with Crippen molar-refractivity contribution in [2.45, 2.75) is 52.5 Å². The van der Waals surface area contributed by atoms with E-state index >= 15 is 0 Å². The van der Waals surface area contributed by atoms with Crippen molar-refractivity contribution >= 4 is 11.6 Å². The standard InChI is InChI=1S/C21H29N3O3/c1-3-26-19-11-10-16(12-20(19)27-4-2)14-24-15-18(13-22-24)23-21(25)17-8-6-5-7-9-17/h10-13,15,17H,3-9,14H2,1-2H3,(H,23,25). The Bertz CT molecular complexity index is 751. The van der Waals surface area contributed by atoms with Gasteiger partial charge in [0.2, 0.25) is 5.91 Å². The fraction of sp³-hybridized carbons (Fsp3) is 0.524. The molecule has 1 aliphatic carbocycles. The maximum Gasteiger partial charge on any atom is 0.227 e. The Morgan fingerprint density at radius 2 is 1.89 bits per heavy atom. The second kappa shape index (κ2) is 9.44. The molecule has 0 radical (unpaired) electrons. The van der Waals surface area contributed by atoms with Crippen molar-refractivity contribution in [1.29, 1.82) is 0 Å². The molecule has 6 nitrogen and oxygen atoms in total. The van der Waals surface area contributed by atoms with Crippen molar-refractivity contribution in [3.63, 3.8) is 0 Å². The van der Waals surface area contributed by atoms with Gasteiger partial charge in [-0.2, -0.15) is 5.10 Å². The minimum atomic E-state index is 0.119. The Balaban J connectivity index is 1.63. The van der Waals surface area contributed by atoms with Crippen LogP contribution in [0.5, 0.6) is 11.5 Å². The molecule has 1 amide bonds. The summed E-state index contributed by atoms with van der Waals surface area (Å²) in [6, 6.07) is 5.92. The topological polar surface area (TPSA) is 65.4 Å². The van der Waals surface area contributed by atoms with Crippen LogP contribution in [-0.2, 0) is 11.3 Å². The van der Waals surface area contributed by atoms with Crippen LogP contribution < -0.4 is 14.8 Å². The number of nitrogens with zero attached hydrogens (tertiary/aromatic N) is 2. The molecule has 1 saturated carbocycles. The summed E-state index contributed by atoms with van der Waals surface area (Å²) in [5.74, 6) is 1.76. The van der Waals surface area contributed by atoms with Gasteiger partial charge in [0, 0.05) is 12.1 Å². The van der Waals surface area contributed by atoms with Gasteiger partial charge < -0.3 is 14.8 Å². The van der Waals surface area contributed by atoms with E-state index in [9.17, 15) is 4.79 Å². The zero-order valence-corrected chi connectivity index (χ0v) is 16.2. The number of carbonyl (C=O) groups is 1. The Morgan fingerprint density at radius 1 is 1.15 bits per heavy atom. The second-order valence-corrected chi connectivity index (χ2v) is 6.90. The monoisotopic (exact) mass is 371 g/mol. The number of amides is 1. The first-order valence-electron chi connectivity index (χ1n) is 9.91. The number of rotatable bonds is 8. The number of nitrogens with one attached hydrogen (secondary N) is 1. The van der Waals surface area contributed by atoms with Gasteiger partial charge in [-0.3, -0.25) is 9.48 Å². The molecule has 0 saturated heterocycles. The molecule has 146 valence electrons. The first-order valence-corrected chi connectivity index (χ1v) is 9.91. The maximum absolute atomic E-state index is 12.4. The third kappa shape index (κ3) is 5.25. The van der Waals surface area contributed by atoms with Crippen LogP contribution in [0.2, 0.25) is 0 Å². The largest absolute Gasteiger partial charge is 0.490 e. The van der Waals surface area contributed by atoms with E-state index in [1.807, 2.05) is 42.9 Å². The molecule has 0 aliphatic heterocycles. The summed E-state index contributed by atoms with van der Waals surface area (Å²) in [6.07, 6.45) is 9.11. The van der Waals surface area contributed by atoms with Crippen LogP contribution in [0.25, 0.3) is 0 Å². The third-order valence-corrected chi connectivity index (χ3v) is 4.83. The van der Waals surface area contributed by atoms with Crippen molar-refractivity contribution in [2.24, 2.45) is 5.92 Å². The molecule has 3 rings (SSSR count). The highest BCUT2D eigenvalue weighted by Crippen LogP contribution is 2.29. The van der Waals surface area contributed by atoms with Crippen molar-refractivity contribution < 1.29 is 14.3 Å². The zero-order valence-electron chi connectivity index (χ0n) is 16.2. The van der Waals surface area contributed by atoms with Gasteiger partial charge in [0.05, 0.1) is 31.6 Å². The number of anilines is 1. The number of hydrogen-bond acceptors (Lipinski definition) is 4. The Labute approximate surface area is 160 Å². The van der Waals surface area contributed by atoms with Gasteiger partial charge in [0.15, 0.2) is 11.5 Å². The maximum atomic E-state index is 12.4. The SMILES string of the molecule is CCOc1ccc(Cn2cc(NC(=O)C3CCCCC3)cn2)cc1OCC. The average molecular weight is 371 g/mol. The van der Waals surface area contributed by atoms with E-state index in [0.717, 1.165) is 48.4 Å². The van der Waals surface area contributed by atoms with Gasteiger partial charge in [-0.15, -0.1) is 0 Å². The van der Waals surface area contributed by atoms with Crippen molar-refractivity contribution in [3.05, 3.63) is 36.2 Å². The van der Waals surface area contributed by atoms with Crippen molar-refractivity contribution in [2.75, 3.05) is 18.5 Å². The molecule has 0 unspecified atom stereocenters. The Kier molecular flexibility index (Phi) is 6.74. The summed E-state index contributed by atoms with van der Waals surface area (Å²) < 4.78 is 13.1. The van der Waals surface area contributed by atoms with Crippen LogP contribution in [-0.4, -0.2) is 28.9 Å². The van der Waals surface area contributed by atoms with Gasteiger partial charge in [-0.25, -0.2) is 0 Å². The van der Waals surface area contributed by atoms with Crippen LogP contribution in [0.3, 0.4) is 0 Å². The quantitative estimate of drug-likeness (QED) is 0.753. The highest BCUT2D eigenvalue weighted by molar-refractivity contribution is 5.92. The Morgan fingerprint density at radius 3 is 2.63 bits per heavy atom. The first kappa shape index (κ1) is 19.3. The predicted octanol–water partition coefficient (Wildman–Crippen LogP) is 4.25. The normalized spacial score (nSPS) is 14.7. The molecule has 0 atom stereocenters. The molecule has 1 N–H and O–H groups in total. The first-order chi connectivity index (χ1) is 13.2. The summed E-state index contributed by atoms with van der Waals surface area (Å²) >= 11 is 0. The van der Waals surface area contributed by atoms with E-state index in [-0.39, 0.29) is 11.8 Å². The van der Waals surface area contributed by atoms with E-state index in [1.54, 1.807) is 6.20 Å². The van der Waals surface area contributed by atoms with Crippen LogP contribution in [0.4, 0.5) is 5.69 Å². The van der Waals surface area contributed by atoms with Gasteiger partial charge >= 0.3 is 0 Å². The van der Waals surface area contributed by atoms with Crippen molar-refractivity contribution in [3.8, 4) is 11.5 Å². The average Bonchev–Trinajstić information content (AvgIpc) is 3.11. The summed E-state index contributed by atoms with van der Waals surface area (Å²) in [6.45, 7) is 5.70. The van der Waals surface area contributed by atoms with E-state index in [2.05, 4.69) is 10.4 Å². The number of ether oxygens (including phenoxy) is 2. The molecule has 1 aliphatic rings. The summed E-state index contributed by atoms with van der Waals surface area (Å²) in [5.41, 5.74) is 1.82. The number of hydrogen-bond donors (Lipinski definition) is 1. The molecule has 0 spiro atoms. The number of carbonyl (C=O) groups excluding carboxylic acids is 1. The predicted molar refractivity (Wildman–Crippen MR) is 105 cm³/mol. The van der Waals surface area contributed by atoms with Gasteiger partial charge in [-0.1, -0.05) is 25.3 Å². The van der Waals surface area contributed by atoms with Gasteiger partial charge in [0.25, 0.3) is 0 Å². The van der Waals surface area contributed by atoms with Crippen LogP contribution in [0.15, 0.2) is 30.6 Å². The molecule has 1 fully saturated rings. The van der Waals surface area contributed by atoms with Crippen LogP contribution in [0.1, 0.15) is 51.5 Å². The summed E-state index contributed by atoms with van der Waals surface area (Å²) in [4.78, 5) is 12.4. The minimum Gasteiger partial charge on any atom is -0.490 e. The summed E-state index contributed by atoms with van der Waals surface area (Å²) in [5, 5.41) is 7.38. The van der Waals surface area contributed by atoms with Crippen LogP contribution in [0, 0.1) is 5.92 Å². The molecule has 2 aromatic rings. The van der Waals surface area contributed by atoms with Gasteiger partial charge in [-0.05, 0) is 44.4 Å². The molecular weight excluding hydrogens is 342 g/mol. The molecular formula is C21H29N3O3. The smallest absolute Gasteiger partial charge is 0.227 e. The molecule has 27 heavy (non-hydrogen) atoms. The lowest BCUT2D eigenvalue weighted by Gasteiger charge is -2.20. The third-order valence-electron chi connectivity index (χ3n) is 4.83. The lowest BCUT2D eigenvalue weighted by Crippen LogP contribution is -2.24. The molecule has 1 heterocycles. The second-order valence-electron chi connectivity index (χ2n) is 6.90. The van der Waals surface area contributed by atoms with Crippen molar-refractivity contribution in [1.82, 2.24) is 9.78 Å². The van der Waals surface area contributed by atoms with Gasteiger partial charge in [0.1, 0.15) is 0 Å². The highest BCUT2D eigenvalue weighted by Gasteiger charge is 2.21. The molecule has 1 aromatic heterocycles. The number of aromatic nitrogens is 2. The molecule has 0 bridgehead atoms. The zero-order chi connectivity index (χ0) is 19.1. The van der Waals surface area contributed by atoms with E-state index in [0.29, 0.717) is 19.8 Å². The fourth-order valence-corrected chi connectivity index (χ4v) is 3.50. The Hall–Kier alpha value is -2.50. The van der Waals surface area contributed by atoms with E-state index < -0.39 is 0 Å². The summed E-state index contributed by atoms with van der Waals surface area (Å²) in [7, 11) is 0. The molecule has 6 heteroatoms. The fourth-order valence-electron chi connectivity index (χ4n) is 3.50.